The van der Waals surface area contributed by atoms with Crippen molar-refractivity contribution in [2.75, 3.05) is 11.5 Å². The number of halogens is 1. The number of rotatable bonds is 6. The molecule has 37 heavy (non-hydrogen) atoms. The number of amides is 1. The van der Waals surface area contributed by atoms with Crippen molar-refractivity contribution in [3.05, 3.63) is 98.6 Å². The molecule has 0 saturated carbocycles. The van der Waals surface area contributed by atoms with Crippen LogP contribution < -0.4 is 9.64 Å². The number of nitro benzene ring substituents is 1. The van der Waals surface area contributed by atoms with Crippen molar-refractivity contribution in [2.24, 2.45) is 0 Å². The van der Waals surface area contributed by atoms with Crippen molar-refractivity contribution in [1.82, 2.24) is 4.98 Å². The Labute approximate surface area is 219 Å². The van der Waals surface area contributed by atoms with Crippen LogP contribution in [0.2, 0.25) is 5.02 Å². The minimum atomic E-state index is -1.07. The van der Waals surface area contributed by atoms with Gasteiger partial charge in [0.25, 0.3) is 11.5 Å². The Kier molecular flexibility index (Phi) is 6.36. The standard InChI is InChI=1S/C26H18ClN3O6S/c1-2-36-18-11-12-19-20(13-18)37-26(28-19)29-22(14-5-9-17(10-6-14)30(34)35)21(24(32)25(29)33)23(31)15-3-7-16(27)8-4-15/h3-13,22,31H,2H2,1H3/b23-21+/t22-/m0/s1. The number of nitro groups is 1. The van der Waals surface area contributed by atoms with Crippen LogP contribution in [0.15, 0.2) is 72.3 Å². The smallest absolute Gasteiger partial charge is 0.301 e. The number of benzene rings is 3. The summed E-state index contributed by atoms with van der Waals surface area (Å²) in [6, 6.07) is 15.9. The van der Waals surface area contributed by atoms with E-state index < -0.39 is 22.7 Å². The first kappa shape index (κ1) is 24.4. The summed E-state index contributed by atoms with van der Waals surface area (Å²) < 4.78 is 6.29. The van der Waals surface area contributed by atoms with E-state index >= 15 is 0 Å². The Morgan fingerprint density at radius 2 is 1.84 bits per heavy atom. The third kappa shape index (κ3) is 4.41. The summed E-state index contributed by atoms with van der Waals surface area (Å²) in [5.74, 6) is -1.52. The van der Waals surface area contributed by atoms with Gasteiger partial charge in [-0.3, -0.25) is 24.6 Å². The van der Waals surface area contributed by atoms with Gasteiger partial charge in [-0.15, -0.1) is 0 Å². The minimum absolute atomic E-state index is 0.151. The number of aliphatic hydroxyl groups excluding tert-OH is 1. The number of ether oxygens (including phenoxy) is 1. The highest BCUT2D eigenvalue weighted by Gasteiger charge is 2.48. The molecular formula is C26H18ClN3O6S. The normalized spacial score (nSPS) is 16.9. The third-order valence-corrected chi connectivity index (χ3v) is 7.12. The van der Waals surface area contributed by atoms with Crippen LogP contribution in [0.1, 0.15) is 24.1 Å². The first-order chi connectivity index (χ1) is 17.8. The van der Waals surface area contributed by atoms with Crippen molar-refractivity contribution >= 4 is 61.4 Å². The fourth-order valence-corrected chi connectivity index (χ4v) is 5.29. The first-order valence-corrected chi connectivity index (χ1v) is 12.3. The van der Waals surface area contributed by atoms with E-state index in [1.807, 2.05) is 6.92 Å². The van der Waals surface area contributed by atoms with E-state index in [1.165, 1.54) is 52.6 Å². The second kappa shape index (κ2) is 9.64. The van der Waals surface area contributed by atoms with Crippen molar-refractivity contribution in [2.45, 2.75) is 13.0 Å². The van der Waals surface area contributed by atoms with E-state index in [1.54, 1.807) is 30.3 Å². The molecule has 1 aliphatic heterocycles. The van der Waals surface area contributed by atoms with Gasteiger partial charge in [-0.25, -0.2) is 4.98 Å². The lowest BCUT2D eigenvalue weighted by Crippen LogP contribution is -2.29. The van der Waals surface area contributed by atoms with Gasteiger partial charge in [-0.1, -0.05) is 22.9 Å². The molecule has 4 aromatic rings. The maximum Gasteiger partial charge on any atom is 0.301 e. The predicted octanol–water partition coefficient (Wildman–Crippen LogP) is 5.88. The van der Waals surface area contributed by atoms with E-state index in [0.717, 1.165) is 4.70 Å². The molecule has 3 aromatic carbocycles. The lowest BCUT2D eigenvalue weighted by Gasteiger charge is -2.22. The topological polar surface area (TPSA) is 123 Å². The van der Waals surface area contributed by atoms with E-state index in [2.05, 4.69) is 4.98 Å². The number of anilines is 1. The number of thiazole rings is 1. The zero-order valence-electron chi connectivity index (χ0n) is 19.3. The molecule has 1 N–H and O–H groups in total. The number of ketones is 1. The lowest BCUT2D eigenvalue weighted by molar-refractivity contribution is -0.384. The molecule has 1 aromatic heterocycles. The second-order valence-corrected chi connectivity index (χ2v) is 9.53. The summed E-state index contributed by atoms with van der Waals surface area (Å²) in [5, 5.41) is 23.0. The highest BCUT2D eigenvalue weighted by atomic mass is 35.5. The average molecular weight is 536 g/mol. The Bertz CT molecular complexity index is 1580. The Morgan fingerprint density at radius 3 is 2.49 bits per heavy atom. The molecule has 1 amide bonds. The number of Topliss-reactive ketones (excluding diaryl/α,β-unsaturated/α-hetero) is 1. The summed E-state index contributed by atoms with van der Waals surface area (Å²) in [6.07, 6.45) is 0. The maximum atomic E-state index is 13.4. The second-order valence-electron chi connectivity index (χ2n) is 8.08. The molecular weight excluding hydrogens is 518 g/mol. The largest absolute Gasteiger partial charge is 0.507 e. The number of fused-ring (bicyclic) bond motifs is 1. The van der Waals surface area contributed by atoms with Gasteiger partial charge in [0.05, 0.1) is 33.4 Å². The van der Waals surface area contributed by atoms with Gasteiger partial charge in [-0.05, 0) is 67.1 Å². The monoisotopic (exact) mass is 535 g/mol. The number of hydrogen-bond donors (Lipinski definition) is 1. The van der Waals surface area contributed by atoms with Crippen molar-refractivity contribution < 1.29 is 24.4 Å². The van der Waals surface area contributed by atoms with Crippen LogP contribution in [0.5, 0.6) is 5.75 Å². The highest BCUT2D eigenvalue weighted by Crippen LogP contribution is 2.45. The van der Waals surface area contributed by atoms with Crippen molar-refractivity contribution in [1.29, 1.82) is 0 Å². The summed E-state index contributed by atoms with van der Waals surface area (Å²) in [5.41, 5.74) is 0.984. The summed E-state index contributed by atoms with van der Waals surface area (Å²) in [7, 11) is 0. The third-order valence-electron chi connectivity index (χ3n) is 5.85. The molecule has 9 nitrogen and oxygen atoms in total. The highest BCUT2D eigenvalue weighted by molar-refractivity contribution is 7.22. The van der Waals surface area contributed by atoms with Gasteiger partial charge in [0.2, 0.25) is 0 Å². The number of aliphatic hydroxyl groups is 1. The van der Waals surface area contributed by atoms with Gasteiger partial charge in [-0.2, -0.15) is 0 Å². The summed E-state index contributed by atoms with van der Waals surface area (Å²) in [4.78, 5) is 43.1. The molecule has 0 bridgehead atoms. The van der Waals surface area contributed by atoms with Gasteiger partial charge >= 0.3 is 5.91 Å². The molecule has 186 valence electrons. The minimum Gasteiger partial charge on any atom is -0.507 e. The fourth-order valence-electron chi connectivity index (χ4n) is 4.14. The number of carbonyl (C=O) groups is 2. The zero-order valence-corrected chi connectivity index (χ0v) is 20.8. The molecule has 5 rings (SSSR count). The van der Waals surface area contributed by atoms with Gasteiger partial charge < -0.3 is 9.84 Å². The molecule has 0 radical (unpaired) electrons. The lowest BCUT2D eigenvalue weighted by atomic mass is 9.95. The van der Waals surface area contributed by atoms with Crippen LogP contribution in [-0.4, -0.2) is 33.3 Å². The number of nitrogens with zero attached hydrogens (tertiary/aromatic N) is 3. The van der Waals surface area contributed by atoms with Gasteiger partial charge in [0.15, 0.2) is 5.13 Å². The van der Waals surface area contributed by atoms with E-state index in [9.17, 15) is 24.8 Å². The quantitative estimate of drug-likeness (QED) is 0.107. The van der Waals surface area contributed by atoms with E-state index in [4.69, 9.17) is 16.3 Å². The number of aromatic nitrogens is 1. The van der Waals surface area contributed by atoms with Gasteiger partial charge in [0.1, 0.15) is 11.5 Å². The van der Waals surface area contributed by atoms with Crippen molar-refractivity contribution in [3.8, 4) is 5.75 Å². The van der Waals surface area contributed by atoms with Crippen LogP contribution >= 0.6 is 22.9 Å². The van der Waals surface area contributed by atoms with Crippen LogP contribution in [0, 0.1) is 10.1 Å². The van der Waals surface area contributed by atoms with Gasteiger partial charge in [0, 0.05) is 22.7 Å². The van der Waals surface area contributed by atoms with Crippen LogP contribution in [0.4, 0.5) is 10.8 Å². The zero-order chi connectivity index (χ0) is 26.3. The molecule has 1 fully saturated rings. The van der Waals surface area contributed by atoms with Crippen LogP contribution in [-0.2, 0) is 9.59 Å². The summed E-state index contributed by atoms with van der Waals surface area (Å²) in [6.45, 7) is 2.35. The first-order valence-electron chi connectivity index (χ1n) is 11.1. The molecule has 0 spiro atoms. The number of hydrogen-bond acceptors (Lipinski definition) is 8. The Morgan fingerprint density at radius 1 is 1.14 bits per heavy atom. The molecule has 0 aliphatic carbocycles. The molecule has 11 heteroatoms. The maximum absolute atomic E-state index is 13.4. The fraction of sp³-hybridized carbons (Fsp3) is 0.115. The average Bonchev–Trinajstić information content (AvgIpc) is 3.42. The summed E-state index contributed by atoms with van der Waals surface area (Å²) >= 11 is 7.16. The van der Waals surface area contributed by atoms with Crippen molar-refractivity contribution in [3.63, 3.8) is 0 Å². The van der Waals surface area contributed by atoms with E-state index in [0.29, 0.717) is 34.0 Å². The Balaban J connectivity index is 1.69. The predicted molar refractivity (Wildman–Crippen MR) is 140 cm³/mol. The van der Waals surface area contributed by atoms with Crippen LogP contribution in [0.25, 0.3) is 16.0 Å². The van der Waals surface area contributed by atoms with E-state index in [-0.39, 0.29) is 22.2 Å². The SMILES string of the molecule is CCOc1ccc2nc(N3C(=O)C(=O)/C(=C(/O)c4ccc(Cl)cc4)[C@@H]3c3ccc([N+](=O)[O-])cc3)sc2c1. The number of non-ortho nitro benzene ring substituents is 1. The molecule has 1 aliphatic rings. The van der Waals surface area contributed by atoms with Crippen LogP contribution in [0.3, 0.4) is 0 Å². The molecule has 1 saturated heterocycles. The molecule has 1 atom stereocenters. The number of carbonyl (C=O) groups excluding carboxylic acids is 2. The molecule has 0 unspecified atom stereocenters. The molecule has 2 heterocycles. The Hall–Kier alpha value is -4.28.